The lowest BCUT2D eigenvalue weighted by Gasteiger charge is -2.45. The number of nitrogens with zero attached hydrogens (tertiary/aromatic N) is 2. The van der Waals surface area contributed by atoms with Crippen LogP contribution in [0.3, 0.4) is 0 Å². The largest absolute Gasteiger partial charge is 0.493 e. The fourth-order valence-corrected chi connectivity index (χ4v) is 5.55. The lowest BCUT2D eigenvalue weighted by Crippen LogP contribution is -2.50. The quantitative estimate of drug-likeness (QED) is 0.562. The summed E-state index contributed by atoms with van der Waals surface area (Å²) < 4.78 is 11.1. The zero-order valence-electron chi connectivity index (χ0n) is 21.3. The molecule has 0 fully saturated rings. The van der Waals surface area contributed by atoms with Crippen LogP contribution in [0.15, 0.2) is 36.4 Å². The Morgan fingerprint density at radius 3 is 2.40 bits per heavy atom. The highest BCUT2D eigenvalue weighted by Gasteiger charge is 2.46. The van der Waals surface area contributed by atoms with Crippen LogP contribution >= 0.6 is 0 Å². The van der Waals surface area contributed by atoms with Crippen LogP contribution < -0.4 is 14.8 Å². The number of methoxy groups -OCH3 is 2. The summed E-state index contributed by atoms with van der Waals surface area (Å²) in [6, 6.07) is 11.1. The van der Waals surface area contributed by atoms with E-state index in [2.05, 4.69) is 24.1 Å². The van der Waals surface area contributed by atoms with Gasteiger partial charge in [-0.2, -0.15) is 0 Å². The predicted molar refractivity (Wildman–Crippen MR) is 136 cm³/mol. The summed E-state index contributed by atoms with van der Waals surface area (Å²) in [4.78, 5) is 31.5. The molecule has 35 heavy (non-hydrogen) atoms. The number of ether oxygens (including phenoxy) is 2. The molecule has 1 N–H and O–H groups in total. The van der Waals surface area contributed by atoms with Crippen LogP contribution in [0, 0.1) is 0 Å². The molecule has 2 amide bonds. The third kappa shape index (κ3) is 4.87. The smallest absolute Gasteiger partial charge is 0.254 e. The number of fused-ring (bicyclic) bond motifs is 4. The van der Waals surface area contributed by atoms with Crippen molar-refractivity contribution in [1.82, 2.24) is 15.1 Å². The van der Waals surface area contributed by atoms with Crippen molar-refractivity contribution in [3.05, 3.63) is 58.7 Å². The van der Waals surface area contributed by atoms with Crippen molar-refractivity contribution in [1.29, 1.82) is 0 Å². The number of benzene rings is 2. The third-order valence-corrected chi connectivity index (χ3v) is 7.11. The molecule has 7 heteroatoms. The van der Waals surface area contributed by atoms with Crippen LogP contribution in [0.4, 0.5) is 0 Å². The SMILES string of the molecule is CCCN(CCC)CCNC(=O)[C@@H]1c2ccccc2C(=O)N2CCc3cc(OC)c(OC)cc3[C@H]12. The highest BCUT2D eigenvalue weighted by atomic mass is 16.5. The first-order valence-electron chi connectivity index (χ1n) is 12.7. The van der Waals surface area contributed by atoms with Crippen molar-refractivity contribution in [2.24, 2.45) is 0 Å². The second-order valence-corrected chi connectivity index (χ2v) is 9.30. The Kier molecular flexibility index (Phi) is 7.96. The maximum absolute atomic E-state index is 13.8. The average Bonchev–Trinajstić information content (AvgIpc) is 2.88. The summed E-state index contributed by atoms with van der Waals surface area (Å²) in [7, 11) is 3.23. The molecule has 0 spiro atoms. The zero-order valence-corrected chi connectivity index (χ0v) is 21.3. The molecule has 2 atom stereocenters. The molecule has 188 valence electrons. The molecule has 2 heterocycles. The molecule has 2 aliphatic heterocycles. The minimum absolute atomic E-state index is 0.0212. The molecule has 2 aromatic carbocycles. The highest BCUT2D eigenvalue weighted by molar-refractivity contribution is 6.01. The molecular formula is C28H37N3O4. The zero-order chi connectivity index (χ0) is 24.9. The number of hydrogen-bond donors (Lipinski definition) is 1. The Morgan fingerprint density at radius 2 is 1.71 bits per heavy atom. The molecule has 0 aromatic heterocycles. The molecule has 0 aliphatic carbocycles. The number of carbonyl (C=O) groups excluding carboxylic acids is 2. The van der Waals surface area contributed by atoms with Crippen molar-refractivity contribution in [2.45, 2.75) is 45.1 Å². The Hall–Kier alpha value is -3.06. The van der Waals surface area contributed by atoms with Gasteiger partial charge in [-0.15, -0.1) is 0 Å². The van der Waals surface area contributed by atoms with E-state index in [-0.39, 0.29) is 17.9 Å². The number of carbonyl (C=O) groups is 2. The third-order valence-electron chi connectivity index (χ3n) is 7.11. The van der Waals surface area contributed by atoms with E-state index < -0.39 is 5.92 Å². The summed E-state index contributed by atoms with van der Waals surface area (Å²) >= 11 is 0. The Balaban J connectivity index is 1.69. The van der Waals surface area contributed by atoms with Gasteiger partial charge in [0.25, 0.3) is 5.91 Å². The highest BCUT2D eigenvalue weighted by Crippen LogP contribution is 2.48. The van der Waals surface area contributed by atoms with Gasteiger partial charge in [0, 0.05) is 25.2 Å². The van der Waals surface area contributed by atoms with Crippen LogP contribution in [0.5, 0.6) is 11.5 Å². The van der Waals surface area contributed by atoms with Gasteiger partial charge in [0.2, 0.25) is 5.91 Å². The topological polar surface area (TPSA) is 71.1 Å². The van der Waals surface area contributed by atoms with Gasteiger partial charge in [0.1, 0.15) is 0 Å². The Labute approximate surface area is 208 Å². The number of amides is 2. The van der Waals surface area contributed by atoms with E-state index in [1.807, 2.05) is 41.3 Å². The molecule has 0 radical (unpaired) electrons. The van der Waals surface area contributed by atoms with Gasteiger partial charge in [-0.3, -0.25) is 9.59 Å². The average molecular weight is 480 g/mol. The summed E-state index contributed by atoms with van der Waals surface area (Å²) in [5, 5.41) is 3.20. The minimum atomic E-state index is -0.494. The monoisotopic (exact) mass is 479 g/mol. The minimum Gasteiger partial charge on any atom is -0.493 e. The first-order chi connectivity index (χ1) is 17.0. The van der Waals surface area contributed by atoms with E-state index in [0.717, 1.165) is 49.2 Å². The van der Waals surface area contributed by atoms with E-state index >= 15 is 0 Å². The first-order valence-corrected chi connectivity index (χ1v) is 12.7. The Bertz CT molecular complexity index is 1060. The van der Waals surface area contributed by atoms with Crippen molar-refractivity contribution in [3.8, 4) is 11.5 Å². The molecule has 2 aliphatic rings. The Morgan fingerprint density at radius 1 is 1.03 bits per heavy atom. The van der Waals surface area contributed by atoms with Crippen molar-refractivity contribution in [3.63, 3.8) is 0 Å². The number of nitrogens with one attached hydrogen (secondary N) is 1. The summed E-state index contributed by atoms with van der Waals surface area (Å²) in [5.41, 5.74) is 3.45. The van der Waals surface area contributed by atoms with Gasteiger partial charge in [0.15, 0.2) is 11.5 Å². The van der Waals surface area contributed by atoms with Crippen LogP contribution in [-0.4, -0.2) is 68.6 Å². The molecule has 4 rings (SSSR count). The van der Waals surface area contributed by atoms with E-state index in [4.69, 9.17) is 9.47 Å². The predicted octanol–water partition coefficient (Wildman–Crippen LogP) is 3.78. The van der Waals surface area contributed by atoms with Crippen molar-refractivity contribution < 1.29 is 19.1 Å². The summed E-state index contributed by atoms with van der Waals surface area (Å²) in [5.74, 6) is 0.707. The van der Waals surface area contributed by atoms with E-state index in [1.54, 1.807) is 14.2 Å². The van der Waals surface area contributed by atoms with Crippen LogP contribution in [-0.2, 0) is 11.2 Å². The maximum Gasteiger partial charge on any atom is 0.254 e. The lowest BCUT2D eigenvalue weighted by atomic mass is 9.75. The van der Waals surface area contributed by atoms with Gasteiger partial charge in [0.05, 0.1) is 26.2 Å². The second kappa shape index (κ2) is 11.1. The van der Waals surface area contributed by atoms with E-state index in [0.29, 0.717) is 36.6 Å². The molecule has 7 nitrogen and oxygen atoms in total. The second-order valence-electron chi connectivity index (χ2n) is 9.30. The molecule has 2 aromatic rings. The molecule has 0 saturated heterocycles. The lowest BCUT2D eigenvalue weighted by molar-refractivity contribution is -0.124. The molecule has 0 bridgehead atoms. The first kappa shape index (κ1) is 25.0. The normalized spacial score (nSPS) is 18.5. The van der Waals surface area contributed by atoms with Gasteiger partial charge >= 0.3 is 0 Å². The van der Waals surface area contributed by atoms with E-state index in [9.17, 15) is 9.59 Å². The number of hydrogen-bond acceptors (Lipinski definition) is 5. The fraction of sp³-hybridized carbons (Fsp3) is 0.500. The van der Waals surface area contributed by atoms with Crippen molar-refractivity contribution in [2.75, 3.05) is 46.9 Å². The maximum atomic E-state index is 13.8. The molecule has 0 unspecified atom stereocenters. The fourth-order valence-electron chi connectivity index (χ4n) is 5.55. The van der Waals surface area contributed by atoms with Crippen LogP contribution in [0.1, 0.15) is 65.7 Å². The van der Waals surface area contributed by atoms with Crippen LogP contribution in [0.25, 0.3) is 0 Å². The van der Waals surface area contributed by atoms with E-state index in [1.165, 1.54) is 0 Å². The summed E-state index contributed by atoms with van der Waals surface area (Å²) in [6.07, 6.45) is 2.88. The van der Waals surface area contributed by atoms with Gasteiger partial charge < -0.3 is 24.6 Å². The summed E-state index contributed by atoms with van der Waals surface area (Å²) in [6.45, 7) is 8.36. The van der Waals surface area contributed by atoms with Gasteiger partial charge in [-0.1, -0.05) is 32.0 Å². The van der Waals surface area contributed by atoms with Crippen molar-refractivity contribution >= 4 is 11.8 Å². The van der Waals surface area contributed by atoms with Gasteiger partial charge in [-0.25, -0.2) is 0 Å². The van der Waals surface area contributed by atoms with Gasteiger partial charge in [-0.05, 0) is 67.2 Å². The van der Waals surface area contributed by atoms with Crippen LogP contribution in [0.2, 0.25) is 0 Å². The molecular weight excluding hydrogens is 442 g/mol. The standard InChI is InChI=1S/C28H37N3O4/c1-5-13-30(14-6-2)16-12-29-27(32)25-20-9-7-8-10-21(20)28(33)31-15-11-19-17-23(34-3)24(35-4)18-22(19)26(25)31/h7-10,17-18,25-26H,5-6,11-16H2,1-4H3,(H,29,32)/t25-,26-/m1/s1. The molecule has 0 saturated carbocycles. The number of rotatable bonds is 10.